The number of Topliss-reactive ketones (excluding diaryl/α,β-unsaturated/α-hetero) is 1. The molecule has 0 aliphatic rings. The SMILES string of the molecule is CCC(Oc1cccc(N)c1)C(=O)c1cc(OC)c(OC)cc1OC. The Morgan fingerprint density at radius 1 is 1.00 bits per heavy atom. The molecule has 0 radical (unpaired) electrons. The Morgan fingerprint density at radius 2 is 1.64 bits per heavy atom. The molecule has 0 saturated carbocycles. The molecule has 0 fully saturated rings. The number of benzene rings is 2. The van der Waals surface area contributed by atoms with Crippen molar-refractivity contribution in [2.45, 2.75) is 19.4 Å². The highest BCUT2D eigenvalue weighted by Gasteiger charge is 2.25. The third-order valence-corrected chi connectivity index (χ3v) is 3.77. The topological polar surface area (TPSA) is 80.0 Å². The van der Waals surface area contributed by atoms with Crippen LogP contribution < -0.4 is 24.7 Å². The van der Waals surface area contributed by atoms with Crippen LogP contribution in [0.15, 0.2) is 36.4 Å². The summed E-state index contributed by atoms with van der Waals surface area (Å²) in [6.45, 7) is 1.88. The second kappa shape index (κ2) is 8.28. The summed E-state index contributed by atoms with van der Waals surface area (Å²) in [7, 11) is 4.54. The van der Waals surface area contributed by atoms with Gasteiger partial charge in [0.15, 0.2) is 17.6 Å². The van der Waals surface area contributed by atoms with E-state index < -0.39 is 6.10 Å². The lowest BCUT2D eigenvalue weighted by Crippen LogP contribution is -2.27. The van der Waals surface area contributed by atoms with Crippen molar-refractivity contribution in [2.24, 2.45) is 0 Å². The minimum Gasteiger partial charge on any atom is -0.496 e. The van der Waals surface area contributed by atoms with Gasteiger partial charge in [0.05, 0.1) is 26.9 Å². The molecule has 25 heavy (non-hydrogen) atoms. The van der Waals surface area contributed by atoms with Gasteiger partial charge < -0.3 is 24.7 Å². The summed E-state index contributed by atoms with van der Waals surface area (Å²) in [5.74, 6) is 1.67. The van der Waals surface area contributed by atoms with Crippen LogP contribution in [0.5, 0.6) is 23.0 Å². The normalized spacial score (nSPS) is 11.5. The van der Waals surface area contributed by atoms with Crippen molar-refractivity contribution < 1.29 is 23.7 Å². The van der Waals surface area contributed by atoms with Crippen LogP contribution in [0, 0.1) is 0 Å². The molecule has 6 heteroatoms. The number of carbonyl (C=O) groups is 1. The molecule has 0 aliphatic heterocycles. The van der Waals surface area contributed by atoms with Gasteiger partial charge in [0.2, 0.25) is 5.78 Å². The molecular weight excluding hydrogens is 322 g/mol. The van der Waals surface area contributed by atoms with Gasteiger partial charge in [-0.15, -0.1) is 0 Å². The summed E-state index contributed by atoms with van der Waals surface area (Å²) in [5, 5.41) is 0. The van der Waals surface area contributed by atoms with E-state index in [-0.39, 0.29) is 5.78 Å². The maximum atomic E-state index is 13.0. The molecule has 134 valence electrons. The van der Waals surface area contributed by atoms with E-state index in [0.717, 1.165) is 0 Å². The van der Waals surface area contributed by atoms with Crippen LogP contribution in [0.2, 0.25) is 0 Å². The minimum absolute atomic E-state index is 0.206. The molecule has 1 unspecified atom stereocenters. The predicted molar refractivity (Wildman–Crippen MR) is 96.0 cm³/mol. The fourth-order valence-electron chi connectivity index (χ4n) is 2.47. The minimum atomic E-state index is -0.672. The first-order valence-corrected chi connectivity index (χ1v) is 7.90. The van der Waals surface area contributed by atoms with Gasteiger partial charge >= 0.3 is 0 Å². The zero-order valence-electron chi connectivity index (χ0n) is 14.9. The standard InChI is InChI=1S/C19H23NO5/c1-5-15(25-13-8-6-7-12(20)9-13)19(21)14-10-17(23-3)18(24-4)11-16(14)22-2/h6-11,15H,5,20H2,1-4H3. The van der Waals surface area contributed by atoms with Crippen LogP contribution in [0.4, 0.5) is 5.69 Å². The predicted octanol–water partition coefficient (Wildman–Crippen LogP) is 3.33. The van der Waals surface area contributed by atoms with Crippen LogP contribution in [-0.2, 0) is 0 Å². The molecule has 0 spiro atoms. The molecule has 0 aromatic heterocycles. The van der Waals surface area contributed by atoms with Crippen LogP contribution >= 0.6 is 0 Å². The molecule has 2 rings (SSSR count). The second-order valence-electron chi connectivity index (χ2n) is 5.36. The zero-order valence-corrected chi connectivity index (χ0v) is 14.9. The van der Waals surface area contributed by atoms with Gasteiger partial charge in [0.1, 0.15) is 11.5 Å². The molecule has 0 bridgehead atoms. The van der Waals surface area contributed by atoms with Crippen LogP contribution in [0.1, 0.15) is 23.7 Å². The van der Waals surface area contributed by atoms with E-state index in [1.165, 1.54) is 21.3 Å². The van der Waals surface area contributed by atoms with E-state index >= 15 is 0 Å². The molecule has 0 amide bonds. The van der Waals surface area contributed by atoms with E-state index in [9.17, 15) is 4.79 Å². The van der Waals surface area contributed by atoms with Gasteiger partial charge in [-0.05, 0) is 24.6 Å². The van der Waals surface area contributed by atoms with E-state index in [1.807, 2.05) is 6.92 Å². The molecule has 0 saturated heterocycles. The van der Waals surface area contributed by atoms with Crippen molar-refractivity contribution in [1.29, 1.82) is 0 Å². The maximum absolute atomic E-state index is 13.0. The van der Waals surface area contributed by atoms with Gasteiger partial charge in [-0.3, -0.25) is 4.79 Å². The highest BCUT2D eigenvalue weighted by atomic mass is 16.5. The van der Waals surface area contributed by atoms with Gasteiger partial charge in [0, 0.05) is 17.8 Å². The molecule has 1 atom stereocenters. The average Bonchev–Trinajstić information content (AvgIpc) is 2.64. The highest BCUT2D eigenvalue weighted by Crippen LogP contribution is 2.35. The monoisotopic (exact) mass is 345 g/mol. The van der Waals surface area contributed by atoms with Crippen LogP contribution in [0.3, 0.4) is 0 Å². The molecule has 6 nitrogen and oxygen atoms in total. The largest absolute Gasteiger partial charge is 0.496 e. The molecule has 2 aromatic carbocycles. The summed E-state index contributed by atoms with van der Waals surface area (Å²) in [6.07, 6.45) is -0.181. The van der Waals surface area contributed by atoms with E-state index in [2.05, 4.69) is 0 Å². The fourth-order valence-corrected chi connectivity index (χ4v) is 2.47. The Bertz CT molecular complexity index is 745. The van der Waals surface area contributed by atoms with E-state index in [0.29, 0.717) is 40.7 Å². The quantitative estimate of drug-likeness (QED) is 0.584. The van der Waals surface area contributed by atoms with Crippen LogP contribution in [0.25, 0.3) is 0 Å². The Labute approximate surface area is 147 Å². The van der Waals surface area contributed by atoms with Gasteiger partial charge in [-0.1, -0.05) is 13.0 Å². The summed E-state index contributed by atoms with van der Waals surface area (Å²) < 4.78 is 21.7. The number of rotatable bonds is 8. The first-order valence-electron chi connectivity index (χ1n) is 7.90. The number of hydrogen-bond donors (Lipinski definition) is 1. The molecule has 2 aromatic rings. The van der Waals surface area contributed by atoms with Crippen molar-refractivity contribution >= 4 is 11.5 Å². The first-order chi connectivity index (χ1) is 12.0. The zero-order chi connectivity index (χ0) is 18.4. The Kier molecular flexibility index (Phi) is 6.11. The number of methoxy groups -OCH3 is 3. The number of ether oxygens (including phenoxy) is 4. The smallest absolute Gasteiger partial charge is 0.207 e. The third-order valence-electron chi connectivity index (χ3n) is 3.77. The number of ketones is 1. The number of carbonyl (C=O) groups excluding carboxylic acids is 1. The lowest BCUT2D eigenvalue weighted by atomic mass is 10.0. The number of hydrogen-bond acceptors (Lipinski definition) is 6. The Balaban J connectivity index is 2.36. The fraction of sp³-hybridized carbons (Fsp3) is 0.316. The number of anilines is 1. The third kappa shape index (κ3) is 4.15. The molecule has 0 aliphatic carbocycles. The summed E-state index contributed by atoms with van der Waals surface area (Å²) >= 11 is 0. The Morgan fingerprint density at radius 3 is 2.20 bits per heavy atom. The van der Waals surface area contributed by atoms with Crippen molar-refractivity contribution in [3.05, 3.63) is 42.0 Å². The number of nitrogen functional groups attached to an aromatic ring is 1. The van der Waals surface area contributed by atoms with Crippen molar-refractivity contribution in [1.82, 2.24) is 0 Å². The van der Waals surface area contributed by atoms with Crippen molar-refractivity contribution in [2.75, 3.05) is 27.1 Å². The Hall–Kier alpha value is -2.89. The summed E-state index contributed by atoms with van der Waals surface area (Å²) in [5.41, 5.74) is 6.71. The summed E-state index contributed by atoms with van der Waals surface area (Å²) in [4.78, 5) is 13.0. The molecule has 2 N–H and O–H groups in total. The van der Waals surface area contributed by atoms with E-state index in [1.54, 1.807) is 36.4 Å². The van der Waals surface area contributed by atoms with Gasteiger partial charge in [-0.25, -0.2) is 0 Å². The maximum Gasteiger partial charge on any atom is 0.207 e. The molecular formula is C19H23NO5. The second-order valence-corrected chi connectivity index (χ2v) is 5.36. The number of nitrogens with two attached hydrogens (primary N) is 1. The van der Waals surface area contributed by atoms with Gasteiger partial charge in [0.25, 0.3) is 0 Å². The van der Waals surface area contributed by atoms with Crippen molar-refractivity contribution in [3.8, 4) is 23.0 Å². The molecule has 0 heterocycles. The van der Waals surface area contributed by atoms with Crippen LogP contribution in [-0.4, -0.2) is 33.2 Å². The summed E-state index contributed by atoms with van der Waals surface area (Å²) in [6, 6.07) is 10.2. The van der Waals surface area contributed by atoms with Gasteiger partial charge in [-0.2, -0.15) is 0 Å². The first kappa shape index (κ1) is 18.4. The highest BCUT2D eigenvalue weighted by molar-refractivity contribution is 6.02. The lowest BCUT2D eigenvalue weighted by molar-refractivity contribution is 0.0783. The van der Waals surface area contributed by atoms with Crippen molar-refractivity contribution in [3.63, 3.8) is 0 Å². The van der Waals surface area contributed by atoms with E-state index in [4.69, 9.17) is 24.7 Å². The lowest BCUT2D eigenvalue weighted by Gasteiger charge is -2.19. The average molecular weight is 345 g/mol.